The molecular formula is C19H15FN2O5. The highest BCUT2D eigenvalue weighted by atomic mass is 19.1. The maximum absolute atomic E-state index is 13.6. The van der Waals surface area contributed by atoms with Crippen LogP contribution in [0.3, 0.4) is 0 Å². The number of amides is 2. The number of benzene rings is 2. The summed E-state index contributed by atoms with van der Waals surface area (Å²) in [6.07, 6.45) is -1.22. The van der Waals surface area contributed by atoms with Crippen molar-refractivity contribution in [2.24, 2.45) is 0 Å². The molecule has 138 valence electrons. The van der Waals surface area contributed by atoms with Gasteiger partial charge in [0, 0.05) is 0 Å². The maximum Gasteiger partial charge on any atom is 0.326 e. The Morgan fingerprint density at radius 1 is 1.11 bits per heavy atom. The standard InChI is InChI=1S/C19H15FN2O5/c1-11(18(25)21-14-8-4-3-7-13(14)20)27-16(23)10-22-15-9-5-2-6-12(15)17(24)19(22)26/h2-9,11H,10H2,1H3,(H,21,25)/t11-/m0/s1. The third kappa shape index (κ3) is 3.69. The van der Waals surface area contributed by atoms with E-state index in [2.05, 4.69) is 5.32 Å². The van der Waals surface area contributed by atoms with E-state index in [-0.39, 0.29) is 11.3 Å². The van der Waals surface area contributed by atoms with E-state index >= 15 is 0 Å². The van der Waals surface area contributed by atoms with Gasteiger partial charge in [-0.1, -0.05) is 24.3 Å². The van der Waals surface area contributed by atoms with Gasteiger partial charge >= 0.3 is 5.97 Å². The number of hydrogen-bond donors (Lipinski definition) is 1. The molecule has 2 aromatic rings. The number of ether oxygens (including phenoxy) is 1. The number of esters is 1. The summed E-state index contributed by atoms with van der Waals surface area (Å²) in [7, 11) is 0. The first-order valence-corrected chi connectivity index (χ1v) is 8.08. The smallest absolute Gasteiger partial charge is 0.326 e. The zero-order chi connectivity index (χ0) is 19.6. The number of anilines is 2. The van der Waals surface area contributed by atoms with Crippen LogP contribution in [0.5, 0.6) is 0 Å². The number of fused-ring (bicyclic) bond motifs is 1. The van der Waals surface area contributed by atoms with Crippen molar-refractivity contribution in [1.29, 1.82) is 0 Å². The Morgan fingerprint density at radius 2 is 1.78 bits per heavy atom. The lowest BCUT2D eigenvalue weighted by Gasteiger charge is -2.18. The lowest BCUT2D eigenvalue weighted by Crippen LogP contribution is -2.38. The van der Waals surface area contributed by atoms with E-state index in [0.29, 0.717) is 5.69 Å². The number of nitrogens with zero attached hydrogens (tertiary/aromatic N) is 1. The molecule has 1 atom stereocenters. The molecule has 1 aliphatic heterocycles. The fraction of sp³-hybridized carbons (Fsp3) is 0.158. The summed E-state index contributed by atoms with van der Waals surface area (Å²) in [5.74, 6) is -3.76. The lowest BCUT2D eigenvalue weighted by molar-refractivity contribution is -0.152. The van der Waals surface area contributed by atoms with Gasteiger partial charge in [0.2, 0.25) is 0 Å². The van der Waals surface area contributed by atoms with E-state index in [9.17, 15) is 23.6 Å². The van der Waals surface area contributed by atoms with Crippen molar-refractivity contribution in [1.82, 2.24) is 0 Å². The molecule has 0 fully saturated rings. The van der Waals surface area contributed by atoms with Gasteiger partial charge in [0.05, 0.1) is 16.9 Å². The average Bonchev–Trinajstić information content (AvgIpc) is 2.89. The summed E-state index contributed by atoms with van der Waals surface area (Å²) < 4.78 is 18.6. The van der Waals surface area contributed by atoms with Gasteiger partial charge in [-0.05, 0) is 31.2 Å². The SMILES string of the molecule is C[C@H](OC(=O)CN1C(=O)C(=O)c2ccccc21)C(=O)Nc1ccccc1F. The molecule has 0 radical (unpaired) electrons. The Bertz CT molecular complexity index is 943. The summed E-state index contributed by atoms with van der Waals surface area (Å²) in [5, 5.41) is 2.31. The van der Waals surface area contributed by atoms with Crippen LogP contribution < -0.4 is 10.2 Å². The van der Waals surface area contributed by atoms with Crippen LogP contribution in [0, 0.1) is 5.82 Å². The molecule has 0 saturated carbocycles. The molecule has 1 heterocycles. The average molecular weight is 370 g/mol. The number of carbonyl (C=O) groups excluding carboxylic acids is 4. The molecule has 1 N–H and O–H groups in total. The summed E-state index contributed by atoms with van der Waals surface area (Å²) in [6, 6.07) is 11.8. The lowest BCUT2D eigenvalue weighted by atomic mass is 10.1. The number of halogens is 1. The topological polar surface area (TPSA) is 92.8 Å². The molecule has 3 rings (SSSR count). The molecule has 0 unspecified atom stereocenters. The minimum absolute atomic E-state index is 0.0420. The van der Waals surface area contributed by atoms with E-state index in [4.69, 9.17) is 4.74 Å². The highest BCUT2D eigenvalue weighted by molar-refractivity contribution is 6.52. The summed E-state index contributed by atoms with van der Waals surface area (Å²) in [6.45, 7) is 0.803. The van der Waals surface area contributed by atoms with Crippen molar-refractivity contribution >= 4 is 34.9 Å². The molecule has 7 nitrogen and oxygen atoms in total. The van der Waals surface area contributed by atoms with Crippen molar-refractivity contribution in [3.8, 4) is 0 Å². The second kappa shape index (κ2) is 7.36. The number of para-hydroxylation sites is 2. The molecule has 27 heavy (non-hydrogen) atoms. The molecule has 2 amide bonds. The summed E-state index contributed by atoms with van der Waals surface area (Å²) in [4.78, 5) is 49.1. The minimum Gasteiger partial charge on any atom is -0.451 e. The molecular weight excluding hydrogens is 355 g/mol. The Labute approximate surface area is 153 Å². The van der Waals surface area contributed by atoms with Gasteiger partial charge in [-0.15, -0.1) is 0 Å². The van der Waals surface area contributed by atoms with Gasteiger partial charge in [-0.3, -0.25) is 24.1 Å². The van der Waals surface area contributed by atoms with Crippen molar-refractivity contribution in [3.05, 3.63) is 59.9 Å². The number of Topliss-reactive ketones (excluding diaryl/α,β-unsaturated/α-hetero) is 1. The molecule has 0 bridgehead atoms. The van der Waals surface area contributed by atoms with Crippen molar-refractivity contribution in [3.63, 3.8) is 0 Å². The molecule has 1 aliphatic rings. The Balaban J connectivity index is 1.62. The Hall–Kier alpha value is -3.55. The highest BCUT2D eigenvalue weighted by Crippen LogP contribution is 2.28. The molecule has 8 heteroatoms. The number of ketones is 1. The molecule has 0 saturated heterocycles. The largest absolute Gasteiger partial charge is 0.451 e. The number of rotatable bonds is 5. The van der Waals surface area contributed by atoms with Crippen LogP contribution in [0.1, 0.15) is 17.3 Å². The van der Waals surface area contributed by atoms with Crippen LogP contribution in [-0.2, 0) is 19.1 Å². The van der Waals surface area contributed by atoms with E-state index < -0.39 is 42.0 Å². The van der Waals surface area contributed by atoms with Crippen molar-refractivity contribution in [2.45, 2.75) is 13.0 Å². The van der Waals surface area contributed by atoms with Crippen LogP contribution in [0.2, 0.25) is 0 Å². The zero-order valence-electron chi connectivity index (χ0n) is 14.3. The van der Waals surface area contributed by atoms with Gasteiger partial charge in [0.25, 0.3) is 17.6 Å². The Morgan fingerprint density at radius 3 is 2.52 bits per heavy atom. The van der Waals surface area contributed by atoms with Crippen LogP contribution in [0.15, 0.2) is 48.5 Å². The first-order chi connectivity index (χ1) is 12.9. The monoisotopic (exact) mass is 370 g/mol. The normalized spacial score (nSPS) is 13.9. The first kappa shape index (κ1) is 18.2. The summed E-state index contributed by atoms with van der Waals surface area (Å²) >= 11 is 0. The maximum atomic E-state index is 13.6. The summed E-state index contributed by atoms with van der Waals surface area (Å²) in [5.41, 5.74) is 0.480. The predicted molar refractivity (Wildman–Crippen MR) is 93.7 cm³/mol. The van der Waals surface area contributed by atoms with Crippen molar-refractivity contribution in [2.75, 3.05) is 16.8 Å². The molecule has 0 aliphatic carbocycles. The second-order valence-electron chi connectivity index (χ2n) is 5.84. The first-order valence-electron chi connectivity index (χ1n) is 8.08. The second-order valence-corrected chi connectivity index (χ2v) is 5.84. The Kier molecular flexibility index (Phi) is 4.98. The van der Waals surface area contributed by atoms with E-state index in [1.165, 1.54) is 31.2 Å². The molecule has 0 spiro atoms. The highest BCUT2D eigenvalue weighted by Gasteiger charge is 2.37. The third-order valence-corrected chi connectivity index (χ3v) is 3.98. The van der Waals surface area contributed by atoms with Crippen LogP contribution in [0.4, 0.5) is 15.8 Å². The quantitative estimate of drug-likeness (QED) is 0.641. The van der Waals surface area contributed by atoms with Crippen LogP contribution in [0.25, 0.3) is 0 Å². The fourth-order valence-electron chi connectivity index (χ4n) is 2.62. The zero-order valence-corrected chi connectivity index (χ0v) is 14.3. The van der Waals surface area contributed by atoms with Crippen molar-refractivity contribution < 1.29 is 28.3 Å². The van der Waals surface area contributed by atoms with Gasteiger partial charge in [-0.2, -0.15) is 0 Å². The fourth-order valence-corrected chi connectivity index (χ4v) is 2.62. The van der Waals surface area contributed by atoms with Gasteiger partial charge < -0.3 is 10.1 Å². The number of carbonyl (C=O) groups is 4. The van der Waals surface area contributed by atoms with E-state index in [1.54, 1.807) is 24.3 Å². The van der Waals surface area contributed by atoms with Gasteiger partial charge in [0.1, 0.15) is 12.4 Å². The minimum atomic E-state index is -1.22. The van der Waals surface area contributed by atoms with Crippen LogP contribution >= 0.6 is 0 Å². The van der Waals surface area contributed by atoms with Gasteiger partial charge in [-0.25, -0.2) is 4.39 Å². The number of nitrogens with one attached hydrogen (secondary N) is 1. The van der Waals surface area contributed by atoms with E-state index in [0.717, 1.165) is 4.90 Å². The van der Waals surface area contributed by atoms with Gasteiger partial charge in [0.15, 0.2) is 6.10 Å². The molecule has 2 aromatic carbocycles. The predicted octanol–water partition coefficient (Wildman–Crippen LogP) is 1.93. The third-order valence-electron chi connectivity index (χ3n) is 3.98. The number of hydrogen-bond acceptors (Lipinski definition) is 5. The molecule has 0 aromatic heterocycles. The van der Waals surface area contributed by atoms with Crippen LogP contribution in [-0.4, -0.2) is 36.2 Å². The van der Waals surface area contributed by atoms with E-state index in [1.807, 2.05) is 0 Å².